The van der Waals surface area contributed by atoms with E-state index in [1.165, 1.54) is 5.54 Å². The van der Waals surface area contributed by atoms with Crippen molar-refractivity contribution in [2.45, 2.75) is 13.1 Å². The first-order valence-corrected chi connectivity index (χ1v) is 4.37. The Labute approximate surface area is 81.4 Å². The van der Waals surface area contributed by atoms with Crippen LogP contribution in [0.1, 0.15) is 5.56 Å². The summed E-state index contributed by atoms with van der Waals surface area (Å²) >= 11 is 5.36. The Balaban J connectivity index is 3.01. The van der Waals surface area contributed by atoms with E-state index < -0.39 is 0 Å². The average molecular weight is 199 g/mol. The van der Waals surface area contributed by atoms with Crippen LogP contribution in [0.3, 0.4) is 0 Å². The predicted molar refractivity (Wildman–Crippen MR) is 53.6 cm³/mol. The zero-order chi connectivity index (χ0) is 9.68. The summed E-state index contributed by atoms with van der Waals surface area (Å²) in [5, 5.41) is 0. The Morgan fingerprint density at radius 3 is 3.00 bits per heavy atom. The molecular formula is C9H11ClN2O. The van der Waals surface area contributed by atoms with Crippen LogP contribution in [0.2, 0.25) is 0 Å². The van der Waals surface area contributed by atoms with E-state index in [2.05, 4.69) is 0 Å². The van der Waals surface area contributed by atoms with E-state index in [0.29, 0.717) is 12.1 Å². The number of allylic oxidation sites excluding steroid dienone is 1. The van der Waals surface area contributed by atoms with Crippen LogP contribution in [0.5, 0.6) is 0 Å². The molecule has 0 fully saturated rings. The van der Waals surface area contributed by atoms with Gasteiger partial charge in [-0.25, -0.2) is 0 Å². The highest BCUT2D eigenvalue weighted by atomic mass is 35.5. The highest BCUT2D eigenvalue weighted by Gasteiger charge is 1.98. The first kappa shape index (κ1) is 10.0. The second-order valence-corrected chi connectivity index (χ2v) is 2.81. The molecule has 0 atom stereocenters. The van der Waals surface area contributed by atoms with Crippen LogP contribution in [0.4, 0.5) is 0 Å². The lowest BCUT2D eigenvalue weighted by atomic mass is 10.3. The third-order valence-corrected chi connectivity index (χ3v) is 1.89. The van der Waals surface area contributed by atoms with E-state index in [1.54, 1.807) is 29.0 Å². The summed E-state index contributed by atoms with van der Waals surface area (Å²) in [4.78, 5) is 11.5. The molecule has 0 saturated carbocycles. The summed E-state index contributed by atoms with van der Waals surface area (Å²) in [5.41, 5.74) is 7.34. The summed E-state index contributed by atoms with van der Waals surface area (Å²) in [6.07, 6.45) is 3.40. The molecule has 0 bridgehead atoms. The van der Waals surface area contributed by atoms with Crippen LogP contribution < -0.4 is 11.3 Å². The molecule has 0 aliphatic rings. The summed E-state index contributed by atoms with van der Waals surface area (Å²) in [5.74, 6) is 0. The Hall–Kier alpha value is -1.06. The molecule has 0 unspecified atom stereocenters. The van der Waals surface area contributed by atoms with Gasteiger partial charge in [0.25, 0.3) is 5.56 Å². The van der Waals surface area contributed by atoms with Crippen molar-refractivity contribution < 1.29 is 0 Å². The SMILES string of the molecule is NCc1cccn(C/C=C/Cl)c1=O. The average Bonchev–Trinajstić information content (AvgIpc) is 2.16. The van der Waals surface area contributed by atoms with Crippen LogP contribution >= 0.6 is 11.6 Å². The van der Waals surface area contributed by atoms with Gasteiger partial charge in [-0.1, -0.05) is 23.7 Å². The molecule has 13 heavy (non-hydrogen) atoms. The second-order valence-electron chi connectivity index (χ2n) is 2.56. The fraction of sp³-hybridized carbons (Fsp3) is 0.222. The minimum absolute atomic E-state index is 0.0558. The Bertz CT molecular complexity index is 357. The number of hydrogen-bond acceptors (Lipinski definition) is 2. The van der Waals surface area contributed by atoms with Gasteiger partial charge in [0.05, 0.1) is 0 Å². The molecule has 1 aromatic heterocycles. The Morgan fingerprint density at radius 1 is 1.62 bits per heavy atom. The molecule has 0 saturated heterocycles. The van der Waals surface area contributed by atoms with Gasteiger partial charge in [-0.3, -0.25) is 4.79 Å². The fourth-order valence-corrected chi connectivity index (χ4v) is 1.12. The maximum absolute atomic E-state index is 11.5. The van der Waals surface area contributed by atoms with Crippen molar-refractivity contribution in [1.82, 2.24) is 4.57 Å². The van der Waals surface area contributed by atoms with Crippen molar-refractivity contribution in [2.24, 2.45) is 5.73 Å². The zero-order valence-electron chi connectivity index (χ0n) is 7.11. The van der Waals surface area contributed by atoms with Crippen LogP contribution in [-0.4, -0.2) is 4.57 Å². The van der Waals surface area contributed by atoms with Crippen molar-refractivity contribution in [2.75, 3.05) is 0 Å². The Morgan fingerprint density at radius 2 is 2.38 bits per heavy atom. The number of pyridine rings is 1. The smallest absolute Gasteiger partial charge is 0.255 e. The Kier molecular flexibility index (Phi) is 3.73. The molecular weight excluding hydrogens is 188 g/mol. The quantitative estimate of drug-likeness (QED) is 0.790. The highest BCUT2D eigenvalue weighted by molar-refractivity contribution is 6.25. The molecule has 0 radical (unpaired) electrons. The number of nitrogens with two attached hydrogens (primary N) is 1. The van der Waals surface area contributed by atoms with E-state index in [1.807, 2.05) is 0 Å². The van der Waals surface area contributed by atoms with E-state index in [-0.39, 0.29) is 12.1 Å². The first-order valence-electron chi connectivity index (χ1n) is 3.93. The van der Waals surface area contributed by atoms with Gasteiger partial charge in [-0.2, -0.15) is 0 Å². The molecule has 2 N–H and O–H groups in total. The van der Waals surface area contributed by atoms with Gasteiger partial charge in [0, 0.05) is 30.4 Å². The van der Waals surface area contributed by atoms with Crippen molar-refractivity contribution in [3.05, 3.63) is 45.9 Å². The molecule has 4 heteroatoms. The maximum Gasteiger partial charge on any atom is 0.255 e. The number of nitrogens with zero attached hydrogens (tertiary/aromatic N) is 1. The summed E-state index contributed by atoms with van der Waals surface area (Å²) < 4.78 is 1.56. The van der Waals surface area contributed by atoms with Crippen molar-refractivity contribution >= 4 is 11.6 Å². The normalized spacial score (nSPS) is 10.9. The number of aromatic nitrogens is 1. The summed E-state index contributed by atoms with van der Waals surface area (Å²) in [7, 11) is 0. The molecule has 0 spiro atoms. The lowest BCUT2D eigenvalue weighted by Crippen LogP contribution is -2.23. The van der Waals surface area contributed by atoms with Gasteiger partial charge in [0.2, 0.25) is 0 Å². The standard InChI is InChI=1S/C9H11ClN2O/c10-4-2-6-12-5-1-3-8(7-11)9(12)13/h1-5H,6-7,11H2/b4-2+. The number of halogens is 1. The molecule has 0 amide bonds. The van der Waals surface area contributed by atoms with Gasteiger partial charge in [0.1, 0.15) is 0 Å². The van der Waals surface area contributed by atoms with Gasteiger partial charge < -0.3 is 10.3 Å². The van der Waals surface area contributed by atoms with E-state index >= 15 is 0 Å². The summed E-state index contributed by atoms with van der Waals surface area (Å²) in [6.45, 7) is 0.750. The van der Waals surface area contributed by atoms with Gasteiger partial charge in [-0.05, 0) is 6.07 Å². The molecule has 0 aliphatic carbocycles. The fourth-order valence-electron chi connectivity index (χ4n) is 1.04. The predicted octanol–water partition coefficient (Wildman–Crippen LogP) is 1.06. The minimum Gasteiger partial charge on any atom is -0.326 e. The third kappa shape index (κ3) is 2.44. The van der Waals surface area contributed by atoms with Crippen LogP contribution in [0.15, 0.2) is 34.7 Å². The third-order valence-electron chi connectivity index (χ3n) is 1.71. The monoisotopic (exact) mass is 198 g/mol. The second kappa shape index (κ2) is 4.84. The van der Waals surface area contributed by atoms with Gasteiger partial charge >= 0.3 is 0 Å². The van der Waals surface area contributed by atoms with Crippen LogP contribution in [0, 0.1) is 0 Å². The van der Waals surface area contributed by atoms with Crippen molar-refractivity contribution in [1.29, 1.82) is 0 Å². The van der Waals surface area contributed by atoms with E-state index in [9.17, 15) is 4.79 Å². The molecule has 1 aromatic rings. The lowest BCUT2D eigenvalue weighted by Gasteiger charge is -2.02. The van der Waals surface area contributed by atoms with Crippen molar-refractivity contribution in [3.8, 4) is 0 Å². The first-order chi connectivity index (χ1) is 6.29. The van der Waals surface area contributed by atoms with Crippen LogP contribution in [-0.2, 0) is 13.1 Å². The van der Waals surface area contributed by atoms with Gasteiger partial charge in [0.15, 0.2) is 0 Å². The van der Waals surface area contributed by atoms with Crippen molar-refractivity contribution in [3.63, 3.8) is 0 Å². The zero-order valence-corrected chi connectivity index (χ0v) is 7.87. The molecule has 0 aromatic carbocycles. The molecule has 1 rings (SSSR count). The van der Waals surface area contributed by atoms with Gasteiger partial charge in [-0.15, -0.1) is 0 Å². The van der Waals surface area contributed by atoms with Crippen LogP contribution in [0.25, 0.3) is 0 Å². The molecule has 70 valence electrons. The van der Waals surface area contributed by atoms with E-state index in [0.717, 1.165) is 0 Å². The van der Waals surface area contributed by atoms with E-state index in [4.69, 9.17) is 17.3 Å². The maximum atomic E-state index is 11.5. The molecule has 3 nitrogen and oxygen atoms in total. The molecule has 0 aliphatic heterocycles. The minimum atomic E-state index is -0.0558. The summed E-state index contributed by atoms with van der Waals surface area (Å²) in [6, 6.07) is 3.52. The number of rotatable bonds is 3. The number of hydrogen-bond donors (Lipinski definition) is 1. The lowest BCUT2D eigenvalue weighted by molar-refractivity contribution is 0.762. The topological polar surface area (TPSA) is 48.0 Å². The highest BCUT2D eigenvalue weighted by Crippen LogP contribution is 1.91. The molecule has 1 heterocycles. The largest absolute Gasteiger partial charge is 0.326 e.